The van der Waals surface area contributed by atoms with Crippen LogP contribution in [0.25, 0.3) is 0 Å². The molecule has 0 radical (unpaired) electrons. The first kappa shape index (κ1) is 16.8. The monoisotopic (exact) mass is 344 g/mol. The summed E-state index contributed by atoms with van der Waals surface area (Å²) < 4.78 is 0. The van der Waals surface area contributed by atoms with Crippen LogP contribution < -0.4 is 10.2 Å². The molecule has 1 saturated heterocycles. The van der Waals surface area contributed by atoms with E-state index in [1.165, 1.54) is 16.0 Å². The summed E-state index contributed by atoms with van der Waals surface area (Å²) >= 11 is 6.24. The van der Waals surface area contributed by atoms with Gasteiger partial charge in [-0.2, -0.15) is 0 Å². The van der Waals surface area contributed by atoms with E-state index >= 15 is 0 Å². The summed E-state index contributed by atoms with van der Waals surface area (Å²) in [5, 5.41) is 3.79. The number of carbonyl (C=O) groups excluding carboxylic acids is 1. The van der Waals surface area contributed by atoms with Gasteiger partial charge in [0.15, 0.2) is 0 Å². The van der Waals surface area contributed by atoms with Gasteiger partial charge in [-0.3, -0.25) is 0 Å². The van der Waals surface area contributed by atoms with E-state index in [1.54, 1.807) is 0 Å². The Morgan fingerprint density at radius 3 is 2.46 bits per heavy atom. The minimum absolute atomic E-state index is 0.0179. The molecule has 0 atom stereocenters. The lowest BCUT2D eigenvalue weighted by Crippen LogP contribution is -3.13. The number of anilines is 1. The molecular weight excluding hydrogens is 322 g/mol. The van der Waals surface area contributed by atoms with Gasteiger partial charge in [0.1, 0.15) is 6.54 Å². The molecule has 1 aliphatic rings. The van der Waals surface area contributed by atoms with Crippen molar-refractivity contribution < 1.29 is 9.69 Å². The number of nitrogens with zero attached hydrogens (tertiary/aromatic N) is 1. The number of nitrogens with one attached hydrogen (secondary N) is 2. The van der Waals surface area contributed by atoms with Gasteiger partial charge in [0.25, 0.3) is 0 Å². The van der Waals surface area contributed by atoms with Crippen LogP contribution in [0.5, 0.6) is 0 Å². The summed E-state index contributed by atoms with van der Waals surface area (Å²) in [5.41, 5.74) is 3.20. The van der Waals surface area contributed by atoms with Crippen LogP contribution in [0.2, 0.25) is 5.02 Å². The lowest BCUT2D eigenvalue weighted by Gasteiger charge is -2.32. The van der Waals surface area contributed by atoms with Crippen LogP contribution in [0.15, 0.2) is 48.5 Å². The first-order valence-corrected chi connectivity index (χ1v) is 8.69. The molecule has 2 amide bonds. The first-order chi connectivity index (χ1) is 11.6. The molecule has 3 rings (SSSR count). The van der Waals surface area contributed by atoms with Crippen LogP contribution in [-0.4, -0.2) is 37.1 Å². The highest BCUT2D eigenvalue weighted by Crippen LogP contribution is 2.13. The summed E-state index contributed by atoms with van der Waals surface area (Å²) in [5.74, 6) is 0. The van der Waals surface area contributed by atoms with Gasteiger partial charge in [0.2, 0.25) is 0 Å². The molecule has 0 bridgehead atoms. The number of amides is 2. The zero-order valence-electron chi connectivity index (χ0n) is 13.9. The lowest BCUT2D eigenvalue weighted by atomic mass is 10.2. The van der Waals surface area contributed by atoms with Crippen LogP contribution >= 0.6 is 11.6 Å². The molecule has 0 aromatic heterocycles. The van der Waals surface area contributed by atoms with Crippen molar-refractivity contribution in [1.82, 2.24) is 4.90 Å². The minimum Gasteiger partial charge on any atom is -0.328 e. The predicted molar refractivity (Wildman–Crippen MR) is 97.6 cm³/mol. The number of aryl methyl sites for hydroxylation is 1. The second-order valence-electron chi connectivity index (χ2n) is 6.30. The van der Waals surface area contributed by atoms with Crippen molar-refractivity contribution in [2.45, 2.75) is 13.5 Å². The molecule has 1 aliphatic heterocycles. The number of hydrogen-bond acceptors (Lipinski definition) is 1. The van der Waals surface area contributed by atoms with Gasteiger partial charge < -0.3 is 15.1 Å². The summed E-state index contributed by atoms with van der Waals surface area (Å²) in [6.07, 6.45) is 0. The molecule has 126 valence electrons. The maximum atomic E-state index is 12.4. The molecule has 0 aliphatic carbocycles. The number of hydrogen-bond donors (Lipinski definition) is 2. The Balaban J connectivity index is 1.50. The van der Waals surface area contributed by atoms with Crippen molar-refractivity contribution in [3.05, 3.63) is 64.7 Å². The van der Waals surface area contributed by atoms with E-state index in [-0.39, 0.29) is 6.03 Å². The highest BCUT2D eigenvalue weighted by Gasteiger charge is 2.24. The van der Waals surface area contributed by atoms with Crippen molar-refractivity contribution in [1.29, 1.82) is 0 Å². The molecule has 1 fully saturated rings. The maximum absolute atomic E-state index is 12.4. The molecule has 0 saturated carbocycles. The minimum atomic E-state index is -0.0179. The quantitative estimate of drug-likeness (QED) is 0.882. The normalized spacial score (nSPS) is 15.3. The Kier molecular flexibility index (Phi) is 5.38. The van der Waals surface area contributed by atoms with E-state index < -0.39 is 0 Å². The Hall–Kier alpha value is -2.04. The molecule has 0 unspecified atom stereocenters. The molecule has 1 heterocycles. The molecule has 2 N–H and O–H groups in total. The summed E-state index contributed by atoms with van der Waals surface area (Å²) in [7, 11) is 0. The third-order valence-electron chi connectivity index (χ3n) is 4.46. The van der Waals surface area contributed by atoms with Crippen LogP contribution in [0.3, 0.4) is 0 Å². The Bertz CT molecular complexity index is 694. The smallest absolute Gasteiger partial charge is 0.322 e. The molecule has 2 aromatic rings. The summed E-state index contributed by atoms with van der Waals surface area (Å²) in [6.45, 7) is 6.34. The topological polar surface area (TPSA) is 36.8 Å². The van der Waals surface area contributed by atoms with Crippen LogP contribution in [0.1, 0.15) is 11.1 Å². The fraction of sp³-hybridized carbons (Fsp3) is 0.316. The Morgan fingerprint density at radius 2 is 1.79 bits per heavy atom. The molecule has 2 aromatic carbocycles. The number of quaternary nitrogens is 1. The number of piperazine rings is 1. The molecule has 5 heteroatoms. The Morgan fingerprint density at radius 1 is 1.12 bits per heavy atom. The lowest BCUT2D eigenvalue weighted by molar-refractivity contribution is -0.917. The van der Waals surface area contributed by atoms with Crippen molar-refractivity contribution in [3.8, 4) is 0 Å². The fourth-order valence-corrected chi connectivity index (χ4v) is 3.16. The van der Waals surface area contributed by atoms with Crippen LogP contribution in [-0.2, 0) is 6.54 Å². The zero-order valence-corrected chi connectivity index (χ0v) is 14.6. The summed E-state index contributed by atoms with van der Waals surface area (Å²) in [6, 6.07) is 15.8. The van der Waals surface area contributed by atoms with Gasteiger partial charge in [-0.25, -0.2) is 4.79 Å². The van der Waals surface area contributed by atoms with Crippen LogP contribution in [0, 0.1) is 6.92 Å². The van der Waals surface area contributed by atoms with Gasteiger partial charge in [0, 0.05) is 16.3 Å². The number of rotatable bonds is 3. The fourth-order valence-electron chi connectivity index (χ4n) is 2.95. The third-order valence-corrected chi connectivity index (χ3v) is 4.83. The van der Waals surface area contributed by atoms with E-state index in [0.29, 0.717) is 0 Å². The standard InChI is InChI=1S/C19H22ClN3O/c1-15-6-8-17(9-7-15)21-19(24)23-12-10-22(11-13-23)14-16-4-2-3-5-18(16)20/h2-9H,10-14H2,1H3,(H,21,24)/p+1. The SMILES string of the molecule is Cc1ccc(NC(=O)N2CC[NH+](Cc3ccccc3Cl)CC2)cc1. The van der Waals surface area contributed by atoms with Gasteiger partial charge in [-0.15, -0.1) is 0 Å². The predicted octanol–water partition coefficient (Wildman–Crippen LogP) is 2.58. The average Bonchev–Trinajstić information content (AvgIpc) is 2.59. The maximum Gasteiger partial charge on any atom is 0.322 e. The average molecular weight is 345 g/mol. The summed E-state index contributed by atoms with van der Waals surface area (Å²) in [4.78, 5) is 15.7. The van der Waals surface area contributed by atoms with E-state index in [0.717, 1.165) is 43.4 Å². The number of urea groups is 1. The highest BCUT2D eigenvalue weighted by molar-refractivity contribution is 6.31. The van der Waals surface area contributed by atoms with E-state index in [9.17, 15) is 4.79 Å². The van der Waals surface area contributed by atoms with Crippen molar-refractivity contribution in [3.63, 3.8) is 0 Å². The van der Waals surface area contributed by atoms with Gasteiger partial charge in [-0.05, 0) is 25.1 Å². The zero-order chi connectivity index (χ0) is 16.9. The molecule has 4 nitrogen and oxygen atoms in total. The van der Waals surface area contributed by atoms with Crippen molar-refractivity contribution in [2.24, 2.45) is 0 Å². The highest BCUT2D eigenvalue weighted by atomic mass is 35.5. The van der Waals surface area contributed by atoms with Crippen molar-refractivity contribution >= 4 is 23.3 Å². The second-order valence-corrected chi connectivity index (χ2v) is 6.71. The van der Waals surface area contributed by atoms with E-state index in [4.69, 9.17) is 11.6 Å². The molecule has 24 heavy (non-hydrogen) atoms. The van der Waals surface area contributed by atoms with Gasteiger partial charge in [-0.1, -0.05) is 47.5 Å². The van der Waals surface area contributed by atoms with E-state index in [1.807, 2.05) is 54.3 Å². The first-order valence-electron chi connectivity index (χ1n) is 8.31. The number of carbonyl (C=O) groups is 1. The van der Waals surface area contributed by atoms with Gasteiger partial charge in [0.05, 0.1) is 26.2 Å². The molecule has 0 spiro atoms. The largest absolute Gasteiger partial charge is 0.328 e. The Labute approximate surface area is 148 Å². The van der Waals surface area contributed by atoms with Crippen LogP contribution in [0.4, 0.5) is 10.5 Å². The van der Waals surface area contributed by atoms with Gasteiger partial charge >= 0.3 is 6.03 Å². The third kappa shape index (κ3) is 4.28. The number of benzene rings is 2. The van der Waals surface area contributed by atoms with Crippen molar-refractivity contribution in [2.75, 3.05) is 31.5 Å². The molecular formula is C19H23ClN3O+. The second kappa shape index (κ2) is 7.69. The number of halogens is 1. The van der Waals surface area contributed by atoms with E-state index in [2.05, 4.69) is 11.4 Å².